The molecule has 8 heteroatoms. The molecular formula is C26H33ClN2O5. The number of aliphatic hydroxyl groups is 1. The minimum Gasteiger partial charge on any atom is -0.459 e. The summed E-state index contributed by atoms with van der Waals surface area (Å²) in [5.41, 5.74) is 3.05. The Labute approximate surface area is 206 Å². The van der Waals surface area contributed by atoms with Gasteiger partial charge in [-0.1, -0.05) is 41.1 Å². The molecule has 1 aromatic rings. The van der Waals surface area contributed by atoms with Crippen LogP contribution in [-0.2, 0) is 20.8 Å². The van der Waals surface area contributed by atoms with E-state index in [0.717, 1.165) is 49.9 Å². The maximum Gasteiger partial charge on any atom is 0.338 e. The predicted octanol–water partition coefficient (Wildman–Crippen LogP) is 4.31. The second-order valence-corrected chi connectivity index (χ2v) is 9.10. The topological polar surface area (TPSA) is 88.4 Å². The fourth-order valence-corrected chi connectivity index (χ4v) is 4.37. The molecule has 2 aliphatic heterocycles. The van der Waals surface area contributed by atoms with Crippen LogP contribution >= 0.6 is 11.6 Å². The van der Waals surface area contributed by atoms with E-state index in [4.69, 9.17) is 21.2 Å². The van der Waals surface area contributed by atoms with Gasteiger partial charge in [0.15, 0.2) is 6.61 Å². The zero-order chi connectivity index (χ0) is 24.5. The summed E-state index contributed by atoms with van der Waals surface area (Å²) in [5.74, 6) is -0.630. The highest BCUT2D eigenvalue weighted by atomic mass is 35.5. The van der Waals surface area contributed by atoms with E-state index in [1.165, 1.54) is 0 Å². The fraction of sp³-hybridized carbons (Fsp3) is 0.500. The molecule has 1 N–H and O–H groups in total. The monoisotopic (exact) mass is 488 g/mol. The van der Waals surface area contributed by atoms with Crippen molar-refractivity contribution in [3.8, 4) is 0 Å². The number of ether oxygens (including phenoxy) is 1. The number of oxime groups is 1. The van der Waals surface area contributed by atoms with Crippen molar-refractivity contribution in [3.63, 3.8) is 0 Å². The van der Waals surface area contributed by atoms with Gasteiger partial charge in [-0.25, -0.2) is 4.79 Å². The third-order valence-corrected chi connectivity index (χ3v) is 6.46. The van der Waals surface area contributed by atoms with E-state index >= 15 is 0 Å². The second-order valence-electron chi connectivity index (χ2n) is 8.73. The number of cyclic esters (lactones) is 1. The molecule has 1 atom stereocenters. The minimum atomic E-state index is -0.872. The zero-order valence-corrected chi connectivity index (χ0v) is 20.6. The molecule has 7 nitrogen and oxygen atoms in total. The first kappa shape index (κ1) is 26.0. The van der Waals surface area contributed by atoms with Gasteiger partial charge < -0.3 is 19.6 Å². The van der Waals surface area contributed by atoms with Gasteiger partial charge in [-0.15, -0.1) is 0 Å². The highest BCUT2D eigenvalue weighted by Crippen LogP contribution is 2.29. The minimum absolute atomic E-state index is 0.0775. The van der Waals surface area contributed by atoms with Crippen molar-refractivity contribution in [2.24, 2.45) is 5.16 Å². The summed E-state index contributed by atoms with van der Waals surface area (Å²) in [4.78, 5) is 32.6. The number of allylic oxidation sites excluding steroid dienone is 3. The Kier molecular flexibility index (Phi) is 9.72. The number of halogens is 1. The van der Waals surface area contributed by atoms with Crippen molar-refractivity contribution in [1.29, 1.82) is 0 Å². The molecule has 1 saturated heterocycles. The van der Waals surface area contributed by atoms with Gasteiger partial charge in [-0.05, 0) is 68.7 Å². The maximum atomic E-state index is 12.9. The van der Waals surface area contributed by atoms with Gasteiger partial charge in [0.2, 0.25) is 0 Å². The van der Waals surface area contributed by atoms with E-state index in [-0.39, 0.29) is 25.5 Å². The number of fused-ring (bicyclic) bond motifs is 1. The fourth-order valence-electron chi connectivity index (χ4n) is 4.16. The zero-order valence-electron chi connectivity index (χ0n) is 19.9. The second kappa shape index (κ2) is 12.7. The summed E-state index contributed by atoms with van der Waals surface area (Å²) in [7, 11) is 0. The molecule has 2 aliphatic rings. The van der Waals surface area contributed by atoms with Gasteiger partial charge in [0.25, 0.3) is 5.91 Å². The number of hydrogen-bond acceptors (Lipinski definition) is 6. The van der Waals surface area contributed by atoms with Crippen molar-refractivity contribution >= 4 is 29.2 Å². The van der Waals surface area contributed by atoms with Gasteiger partial charge >= 0.3 is 5.97 Å². The van der Waals surface area contributed by atoms with Crippen molar-refractivity contribution in [1.82, 2.24) is 4.90 Å². The Morgan fingerprint density at radius 3 is 2.71 bits per heavy atom. The van der Waals surface area contributed by atoms with Crippen LogP contribution in [0.5, 0.6) is 0 Å². The average molecular weight is 489 g/mol. The van der Waals surface area contributed by atoms with Gasteiger partial charge in [0.05, 0.1) is 11.3 Å². The van der Waals surface area contributed by atoms with Gasteiger partial charge in [-0.3, -0.25) is 4.79 Å². The summed E-state index contributed by atoms with van der Waals surface area (Å²) in [6, 6.07) is 1.84. The number of aliphatic hydroxyl groups excluding tert-OH is 1. The number of rotatable bonds is 3. The van der Waals surface area contributed by atoms with E-state index in [1.807, 2.05) is 43.0 Å². The summed E-state index contributed by atoms with van der Waals surface area (Å²) in [6.07, 6.45) is 11.2. The molecule has 2 heterocycles. The van der Waals surface area contributed by atoms with Gasteiger partial charge in [0, 0.05) is 24.5 Å². The van der Waals surface area contributed by atoms with Crippen LogP contribution in [0.2, 0.25) is 5.02 Å². The Bertz CT molecular complexity index is 980. The molecule has 1 amide bonds. The number of carbonyl (C=O) groups is 2. The number of amides is 1. The van der Waals surface area contributed by atoms with Crippen LogP contribution in [0.25, 0.3) is 0 Å². The van der Waals surface area contributed by atoms with E-state index < -0.39 is 12.1 Å². The van der Waals surface area contributed by atoms with Crippen LogP contribution in [-0.4, -0.2) is 60.0 Å². The Morgan fingerprint density at radius 1 is 1.21 bits per heavy atom. The van der Waals surface area contributed by atoms with Gasteiger partial charge in [0.1, 0.15) is 12.7 Å². The number of nitrogens with zero attached hydrogens (tertiary/aromatic N) is 2. The number of piperidine rings is 1. The molecule has 0 spiro atoms. The largest absolute Gasteiger partial charge is 0.459 e. The first-order valence-corrected chi connectivity index (χ1v) is 12.2. The molecule has 1 fully saturated rings. The number of esters is 1. The first-order chi connectivity index (χ1) is 16.4. The van der Waals surface area contributed by atoms with Crippen LogP contribution < -0.4 is 0 Å². The number of likely N-dealkylation sites (tertiary alicyclic amines) is 1. The first-order valence-electron chi connectivity index (χ1n) is 11.8. The molecule has 3 rings (SSSR count). The quantitative estimate of drug-likeness (QED) is 0.389. The molecule has 0 radical (unpaired) electrons. The Hall–Kier alpha value is -2.64. The molecule has 0 aliphatic carbocycles. The number of benzene rings is 1. The third-order valence-electron chi connectivity index (χ3n) is 5.93. The highest BCUT2D eigenvalue weighted by Gasteiger charge is 2.23. The molecule has 0 bridgehead atoms. The summed E-state index contributed by atoms with van der Waals surface area (Å²) < 4.78 is 5.38. The van der Waals surface area contributed by atoms with Crippen LogP contribution in [0.3, 0.4) is 0 Å². The Morgan fingerprint density at radius 2 is 1.94 bits per heavy atom. The van der Waals surface area contributed by atoms with E-state index in [2.05, 4.69) is 5.16 Å². The lowest BCUT2D eigenvalue weighted by molar-refractivity contribution is -0.137. The van der Waals surface area contributed by atoms with Crippen molar-refractivity contribution in [2.45, 2.75) is 58.5 Å². The SMILES string of the molecule is Cc1cc(C)c2c(c1Cl)CC(=N/OCC(=O)N1CCCCC1)/C=C/CC/C=C/C(O)COC2=O. The average Bonchev–Trinajstić information content (AvgIpc) is 2.82. The lowest BCUT2D eigenvalue weighted by Gasteiger charge is -2.26. The van der Waals surface area contributed by atoms with Crippen molar-refractivity contribution in [3.05, 3.63) is 57.6 Å². The lowest BCUT2D eigenvalue weighted by Crippen LogP contribution is -2.37. The van der Waals surface area contributed by atoms with Crippen LogP contribution in [0.15, 0.2) is 35.5 Å². The molecule has 184 valence electrons. The predicted molar refractivity (Wildman–Crippen MR) is 132 cm³/mol. The van der Waals surface area contributed by atoms with E-state index in [1.54, 1.807) is 6.08 Å². The Balaban J connectivity index is 1.88. The van der Waals surface area contributed by atoms with Crippen molar-refractivity contribution < 1.29 is 24.3 Å². The molecule has 0 saturated carbocycles. The normalized spacial score (nSPS) is 22.9. The summed E-state index contributed by atoms with van der Waals surface area (Å²) >= 11 is 6.63. The van der Waals surface area contributed by atoms with E-state index in [9.17, 15) is 14.7 Å². The summed E-state index contributed by atoms with van der Waals surface area (Å²) in [5, 5.41) is 14.7. The number of carbonyl (C=O) groups excluding carboxylic acids is 2. The molecule has 1 aromatic carbocycles. The molecule has 1 unspecified atom stereocenters. The highest BCUT2D eigenvalue weighted by molar-refractivity contribution is 6.33. The smallest absolute Gasteiger partial charge is 0.338 e. The number of hydrogen-bond donors (Lipinski definition) is 1. The molecular weight excluding hydrogens is 456 g/mol. The molecule has 0 aromatic heterocycles. The lowest BCUT2D eigenvalue weighted by atomic mass is 9.94. The maximum absolute atomic E-state index is 12.9. The standard InChI is InChI=1S/C26H33ClN2O5/c1-18-14-19(2)25(27)22-15-20(28-34-17-23(31)29-12-8-5-9-13-29)10-6-3-4-7-11-21(30)16-33-26(32)24(18)22/h6-7,10-11,14,21,30H,3-5,8-9,12-13,15-17H2,1-2H3/b10-6+,11-7+,28-20+. The van der Waals surface area contributed by atoms with Crippen molar-refractivity contribution in [2.75, 3.05) is 26.3 Å². The van der Waals surface area contributed by atoms with Crippen LogP contribution in [0.1, 0.15) is 59.2 Å². The van der Waals surface area contributed by atoms with Crippen LogP contribution in [0.4, 0.5) is 0 Å². The summed E-state index contributed by atoms with van der Waals surface area (Å²) in [6.45, 7) is 4.94. The third kappa shape index (κ3) is 7.18. The van der Waals surface area contributed by atoms with Gasteiger partial charge in [-0.2, -0.15) is 0 Å². The van der Waals surface area contributed by atoms with E-state index in [0.29, 0.717) is 28.3 Å². The van der Waals surface area contributed by atoms with Crippen LogP contribution in [0, 0.1) is 13.8 Å². The molecule has 34 heavy (non-hydrogen) atoms. The number of aryl methyl sites for hydroxylation is 2.